The molecule has 4 nitrogen and oxygen atoms in total. The number of amides is 1. The molecule has 0 atom stereocenters. The summed E-state index contributed by atoms with van der Waals surface area (Å²) in [7, 11) is 1.78. The van der Waals surface area contributed by atoms with Crippen molar-refractivity contribution in [3.63, 3.8) is 0 Å². The van der Waals surface area contributed by atoms with Gasteiger partial charge in [0.05, 0.1) is 0 Å². The van der Waals surface area contributed by atoms with E-state index >= 15 is 0 Å². The van der Waals surface area contributed by atoms with Crippen LogP contribution < -0.4 is 0 Å². The predicted octanol–water partition coefficient (Wildman–Crippen LogP) is 4.50. The molecule has 1 heterocycles. The third kappa shape index (κ3) is 2.74. The number of carbonyl (C=O) groups excluding carboxylic acids is 1. The van der Waals surface area contributed by atoms with Crippen LogP contribution in [0.3, 0.4) is 0 Å². The Morgan fingerprint density at radius 2 is 1.19 bits per heavy atom. The first-order valence-electron chi connectivity index (χ1n) is 9.02. The van der Waals surface area contributed by atoms with Gasteiger partial charge in [-0.3, -0.25) is 4.79 Å². The molecule has 0 unspecified atom stereocenters. The smallest absolute Gasteiger partial charge is 0.255 e. The minimum atomic E-state index is -0.810. The lowest BCUT2D eigenvalue weighted by Crippen LogP contribution is -2.43. The van der Waals surface area contributed by atoms with E-state index in [1.165, 1.54) is 0 Å². The molecule has 4 heteroatoms. The molecule has 0 fully saturated rings. The molecule has 1 amide bonds. The van der Waals surface area contributed by atoms with Crippen molar-refractivity contribution >= 4 is 5.91 Å². The zero-order valence-corrected chi connectivity index (χ0v) is 15.7. The Labute approximate surface area is 159 Å². The molecular formula is C23H23NO3. The lowest BCUT2D eigenvalue weighted by molar-refractivity contribution is 0.0736. The van der Waals surface area contributed by atoms with E-state index in [0.29, 0.717) is 5.56 Å². The van der Waals surface area contributed by atoms with Crippen LogP contribution >= 0.6 is 0 Å². The largest absolute Gasteiger partial charge is 0.508 e. The van der Waals surface area contributed by atoms with Crippen molar-refractivity contribution in [1.29, 1.82) is 0 Å². The standard InChI is InChI=1S/C21H17NO3.C2H6/c1-22-20(25)18-4-2-3-5-19(18)21(22,14-6-10-16(23)11-7-14)15-8-12-17(24)13-9-15;1-2/h2-13,23-24H,1H3;1-2H3. The molecule has 27 heavy (non-hydrogen) atoms. The van der Waals surface area contributed by atoms with Crippen molar-refractivity contribution in [1.82, 2.24) is 4.90 Å². The maximum Gasteiger partial charge on any atom is 0.255 e. The molecule has 4 rings (SSSR count). The van der Waals surface area contributed by atoms with Gasteiger partial charge in [0.2, 0.25) is 0 Å². The summed E-state index contributed by atoms with van der Waals surface area (Å²) in [5, 5.41) is 19.4. The van der Waals surface area contributed by atoms with E-state index in [4.69, 9.17) is 0 Å². The minimum absolute atomic E-state index is 0.0586. The van der Waals surface area contributed by atoms with Gasteiger partial charge < -0.3 is 15.1 Å². The van der Waals surface area contributed by atoms with Crippen molar-refractivity contribution in [3.05, 3.63) is 95.1 Å². The number of rotatable bonds is 2. The summed E-state index contributed by atoms with van der Waals surface area (Å²) < 4.78 is 0. The van der Waals surface area contributed by atoms with Gasteiger partial charge in [-0.15, -0.1) is 0 Å². The molecule has 3 aromatic rings. The lowest BCUT2D eigenvalue weighted by Gasteiger charge is -2.38. The van der Waals surface area contributed by atoms with Gasteiger partial charge in [-0.1, -0.05) is 56.3 Å². The van der Waals surface area contributed by atoms with Gasteiger partial charge in [-0.05, 0) is 47.0 Å². The molecule has 1 aliphatic rings. The molecular weight excluding hydrogens is 338 g/mol. The monoisotopic (exact) mass is 361 g/mol. The average molecular weight is 361 g/mol. The highest BCUT2D eigenvalue weighted by atomic mass is 16.3. The molecule has 1 aliphatic heterocycles. The van der Waals surface area contributed by atoms with Gasteiger partial charge in [0.25, 0.3) is 5.91 Å². The minimum Gasteiger partial charge on any atom is -0.508 e. The first-order chi connectivity index (χ1) is 13.0. The highest BCUT2D eigenvalue weighted by Crippen LogP contribution is 2.48. The number of hydrogen-bond acceptors (Lipinski definition) is 3. The predicted molar refractivity (Wildman–Crippen MR) is 106 cm³/mol. The van der Waals surface area contributed by atoms with Gasteiger partial charge >= 0.3 is 0 Å². The Bertz CT molecular complexity index is 901. The van der Waals surface area contributed by atoms with E-state index in [1.54, 1.807) is 36.2 Å². The van der Waals surface area contributed by atoms with E-state index in [1.807, 2.05) is 62.4 Å². The quantitative estimate of drug-likeness (QED) is 0.706. The van der Waals surface area contributed by atoms with Crippen LogP contribution in [0.5, 0.6) is 11.5 Å². The lowest BCUT2D eigenvalue weighted by atomic mass is 9.77. The summed E-state index contributed by atoms with van der Waals surface area (Å²) in [6, 6.07) is 21.4. The second-order valence-corrected chi connectivity index (χ2v) is 6.21. The summed E-state index contributed by atoms with van der Waals surface area (Å²) >= 11 is 0. The third-order valence-corrected chi connectivity index (χ3v) is 4.93. The van der Waals surface area contributed by atoms with Crippen LogP contribution in [0.4, 0.5) is 0 Å². The summed E-state index contributed by atoms with van der Waals surface area (Å²) in [6.45, 7) is 4.00. The number of benzene rings is 3. The highest BCUT2D eigenvalue weighted by Gasteiger charge is 2.50. The number of phenols is 2. The maximum absolute atomic E-state index is 12.9. The molecule has 0 aromatic heterocycles. The van der Waals surface area contributed by atoms with Crippen LogP contribution in [-0.4, -0.2) is 28.1 Å². The second kappa shape index (κ2) is 7.16. The average Bonchev–Trinajstić information content (AvgIpc) is 2.94. The van der Waals surface area contributed by atoms with Crippen LogP contribution in [-0.2, 0) is 5.54 Å². The Balaban J connectivity index is 0.00000102. The fraction of sp³-hybridized carbons (Fsp3) is 0.174. The van der Waals surface area contributed by atoms with Crippen molar-refractivity contribution in [2.75, 3.05) is 7.05 Å². The summed E-state index contributed by atoms with van der Waals surface area (Å²) in [5.41, 5.74) is 2.48. The third-order valence-electron chi connectivity index (χ3n) is 4.93. The normalized spacial score (nSPS) is 14.3. The molecule has 0 spiro atoms. The number of fused-ring (bicyclic) bond motifs is 1. The van der Waals surface area contributed by atoms with Crippen LogP contribution in [0.25, 0.3) is 0 Å². The first kappa shape index (κ1) is 18.5. The highest BCUT2D eigenvalue weighted by molar-refractivity contribution is 6.01. The summed E-state index contributed by atoms with van der Waals surface area (Å²) in [4.78, 5) is 14.6. The molecule has 0 saturated heterocycles. The van der Waals surface area contributed by atoms with Crippen molar-refractivity contribution < 1.29 is 15.0 Å². The number of hydrogen-bond donors (Lipinski definition) is 2. The van der Waals surface area contributed by atoms with Crippen molar-refractivity contribution in [3.8, 4) is 11.5 Å². The Morgan fingerprint density at radius 3 is 1.67 bits per heavy atom. The van der Waals surface area contributed by atoms with Crippen LogP contribution in [0, 0.1) is 0 Å². The van der Waals surface area contributed by atoms with Crippen molar-refractivity contribution in [2.45, 2.75) is 19.4 Å². The summed E-state index contributed by atoms with van der Waals surface area (Å²) in [5.74, 6) is 0.284. The Kier molecular flexibility index (Phi) is 4.91. The molecule has 0 bridgehead atoms. The van der Waals surface area contributed by atoms with Gasteiger partial charge in [0.15, 0.2) is 0 Å². The number of phenolic OH excluding ortho intramolecular Hbond substituents is 2. The molecule has 2 N–H and O–H groups in total. The molecule has 0 radical (unpaired) electrons. The zero-order chi connectivity index (χ0) is 19.6. The topological polar surface area (TPSA) is 60.8 Å². The van der Waals surface area contributed by atoms with Gasteiger partial charge in [-0.25, -0.2) is 0 Å². The number of carbonyl (C=O) groups is 1. The Morgan fingerprint density at radius 1 is 0.741 bits per heavy atom. The van der Waals surface area contributed by atoms with Gasteiger partial charge in [0, 0.05) is 12.6 Å². The maximum atomic E-state index is 12.9. The first-order valence-corrected chi connectivity index (χ1v) is 9.02. The molecule has 138 valence electrons. The van der Waals surface area contributed by atoms with Crippen LogP contribution in [0.2, 0.25) is 0 Å². The fourth-order valence-corrected chi connectivity index (χ4v) is 3.77. The van der Waals surface area contributed by atoms with E-state index < -0.39 is 5.54 Å². The van der Waals surface area contributed by atoms with E-state index in [9.17, 15) is 15.0 Å². The Hall–Kier alpha value is -3.27. The number of aromatic hydroxyl groups is 2. The fourth-order valence-electron chi connectivity index (χ4n) is 3.77. The molecule has 0 saturated carbocycles. The van der Waals surface area contributed by atoms with E-state index in [2.05, 4.69) is 0 Å². The van der Waals surface area contributed by atoms with Crippen LogP contribution in [0.1, 0.15) is 40.9 Å². The molecule has 3 aromatic carbocycles. The molecule has 0 aliphatic carbocycles. The van der Waals surface area contributed by atoms with Gasteiger partial charge in [-0.2, -0.15) is 0 Å². The van der Waals surface area contributed by atoms with Gasteiger partial charge in [0.1, 0.15) is 17.0 Å². The van der Waals surface area contributed by atoms with Crippen LogP contribution in [0.15, 0.2) is 72.8 Å². The SMILES string of the molecule is CC.CN1C(=O)c2ccccc2C1(c1ccc(O)cc1)c1ccc(O)cc1. The second-order valence-electron chi connectivity index (χ2n) is 6.21. The number of nitrogens with zero attached hydrogens (tertiary/aromatic N) is 1. The van der Waals surface area contributed by atoms with Crippen molar-refractivity contribution in [2.24, 2.45) is 0 Å². The van der Waals surface area contributed by atoms with E-state index in [-0.39, 0.29) is 17.4 Å². The van der Waals surface area contributed by atoms with E-state index in [0.717, 1.165) is 16.7 Å². The zero-order valence-electron chi connectivity index (χ0n) is 15.7. The summed E-state index contributed by atoms with van der Waals surface area (Å²) in [6.07, 6.45) is 0.